The Morgan fingerprint density at radius 1 is 0.526 bits per heavy atom. The number of benzene rings is 4. The van der Waals surface area contributed by atoms with E-state index in [0.717, 1.165) is 44.8 Å². The maximum Gasteiger partial charge on any atom is 0.195 e. The van der Waals surface area contributed by atoms with Crippen LogP contribution in [0.15, 0.2) is 128 Å². The molecule has 6 aromatic rings. The number of aliphatic imine (C=N–C) groups is 2. The van der Waals surface area contributed by atoms with Gasteiger partial charge in [0.15, 0.2) is 24.0 Å². The zero-order valence-electron chi connectivity index (χ0n) is 42.1. The Hall–Kier alpha value is -5.64. The lowest BCUT2D eigenvalue weighted by molar-refractivity contribution is 0.00555. The Morgan fingerprint density at radius 2 is 0.855 bits per heavy atom. The molecule has 2 aromatic heterocycles. The van der Waals surface area contributed by atoms with Gasteiger partial charge in [0.25, 0.3) is 0 Å². The molecule has 0 aliphatic carbocycles. The number of pyridine rings is 2. The first-order valence-corrected chi connectivity index (χ1v) is 30.0. The molecule has 0 unspecified atom stereocenters. The van der Waals surface area contributed by atoms with Crippen molar-refractivity contribution >= 4 is 77.2 Å². The van der Waals surface area contributed by atoms with E-state index in [1.54, 1.807) is 12.5 Å². The van der Waals surface area contributed by atoms with Crippen LogP contribution in [0.25, 0.3) is 44.8 Å². The van der Waals surface area contributed by atoms with Crippen LogP contribution in [0.1, 0.15) is 25.2 Å². The lowest BCUT2D eigenvalue weighted by Crippen LogP contribution is -2.34. The quantitative estimate of drug-likeness (QED) is 0.132. The normalized spacial score (nSPS) is 25.4. The van der Waals surface area contributed by atoms with Gasteiger partial charge in [-0.05, 0) is 58.7 Å². The third kappa shape index (κ3) is 11.2. The van der Waals surface area contributed by atoms with Crippen LogP contribution in [-0.2, 0) is 60.7 Å². The minimum absolute atomic E-state index is 0.253. The number of rotatable bonds is 10. The van der Waals surface area contributed by atoms with Gasteiger partial charge >= 0.3 is 0 Å². The first-order chi connectivity index (χ1) is 36.6. The van der Waals surface area contributed by atoms with Crippen LogP contribution in [0, 0.1) is 0 Å². The standard InChI is InChI=1S/2C28H28ClN3O5S/c2*1-3-38(2,34)32-19-10-8-17(9-11-19)16-4-6-18(7-5-16)26-20(29)12-21-22(31-26)13-25(30-21)37-24-15-36-27-23(33)14-35-28(24)27/h2*4-12,23-24,27-28,33H,3,13-15H2,1-2H3/t23-,24-,27-,28-,38+;23-,24-,27-,28-,38-/m11/s1. The van der Waals surface area contributed by atoms with E-state index in [1.165, 1.54) is 0 Å². The third-order valence-corrected chi connectivity index (χ3v) is 18.0. The second kappa shape index (κ2) is 21.6. The maximum atomic E-state index is 12.3. The van der Waals surface area contributed by atoms with Crippen LogP contribution >= 0.6 is 23.2 Å². The molecule has 0 amide bonds. The fourth-order valence-corrected chi connectivity index (χ4v) is 11.7. The molecule has 6 aliphatic rings. The highest BCUT2D eigenvalue weighted by atomic mass is 35.5. The van der Waals surface area contributed by atoms with E-state index in [9.17, 15) is 18.6 Å². The van der Waals surface area contributed by atoms with Crippen molar-refractivity contribution in [3.63, 3.8) is 0 Å². The van der Waals surface area contributed by atoms with Crippen LogP contribution in [0.5, 0.6) is 0 Å². The minimum atomic E-state index is -2.19. The molecule has 6 aliphatic heterocycles. The Labute approximate surface area is 451 Å². The van der Waals surface area contributed by atoms with Crippen LogP contribution in [0.2, 0.25) is 10.0 Å². The van der Waals surface area contributed by atoms with Crippen LogP contribution < -0.4 is 0 Å². The Morgan fingerprint density at radius 3 is 1.21 bits per heavy atom. The van der Waals surface area contributed by atoms with Crippen LogP contribution in [0.4, 0.5) is 22.7 Å². The SMILES string of the molecule is CC[S@@](C)(=O)=Nc1ccc(-c2ccc(-c3nc4c(cc3Cl)N=C(O[C@@H]3CO[C@H]5[C@@H]3OC[C@H]5O)C4)cc2)cc1.CC[S@](C)(=O)=Nc1ccc(-c2ccc(-c3nc4c(cc3Cl)N=C(O[C@@H]3CO[C@H]5[C@@H]3OC[C@H]5O)C4)cc2)cc1. The number of fused-ring (bicyclic) bond motifs is 4. The zero-order chi connectivity index (χ0) is 52.9. The molecular weight excluding hydrogens is 1050 g/mol. The number of aliphatic hydroxyl groups is 2. The van der Waals surface area contributed by atoms with Crippen LogP contribution in [-0.4, -0.2) is 140 Å². The van der Waals surface area contributed by atoms with E-state index in [-0.39, 0.29) is 49.8 Å². The van der Waals surface area contributed by atoms with Gasteiger partial charge in [0, 0.05) is 54.6 Å². The van der Waals surface area contributed by atoms with Gasteiger partial charge in [-0.25, -0.2) is 28.4 Å². The summed E-state index contributed by atoms with van der Waals surface area (Å²) < 4.78 is 68.0. The number of ether oxygens (including phenoxy) is 6. The number of aliphatic hydroxyl groups excluding tert-OH is 2. The highest BCUT2D eigenvalue weighted by Crippen LogP contribution is 2.40. The average Bonchev–Trinajstić information content (AvgIpc) is 4.30. The van der Waals surface area contributed by atoms with Gasteiger partial charge in [-0.1, -0.05) is 110 Å². The van der Waals surface area contributed by atoms with Crippen molar-refractivity contribution in [1.29, 1.82) is 0 Å². The van der Waals surface area contributed by atoms with E-state index >= 15 is 0 Å². The predicted molar refractivity (Wildman–Crippen MR) is 296 cm³/mol. The molecular formula is C56H56Cl2N6O10S2. The molecule has 10 atom stereocenters. The summed E-state index contributed by atoms with van der Waals surface area (Å²) >= 11 is 13.2. The molecule has 16 nitrogen and oxygen atoms in total. The fourth-order valence-electron chi connectivity index (χ4n) is 9.75. The lowest BCUT2D eigenvalue weighted by Gasteiger charge is -2.17. The van der Waals surface area contributed by atoms with E-state index in [4.69, 9.17) is 61.6 Å². The summed E-state index contributed by atoms with van der Waals surface area (Å²) in [6.07, 6.45) is 1.09. The van der Waals surface area contributed by atoms with Gasteiger partial charge in [0.2, 0.25) is 0 Å². The molecule has 8 heterocycles. The van der Waals surface area contributed by atoms with Crippen molar-refractivity contribution in [1.82, 2.24) is 9.97 Å². The van der Waals surface area contributed by atoms with Crippen molar-refractivity contribution in [2.24, 2.45) is 18.7 Å². The van der Waals surface area contributed by atoms with Crippen LogP contribution in [0.3, 0.4) is 0 Å². The summed E-state index contributed by atoms with van der Waals surface area (Å²) in [5, 5.41) is 20.9. The molecule has 396 valence electrons. The van der Waals surface area contributed by atoms with Crippen molar-refractivity contribution < 1.29 is 47.1 Å². The van der Waals surface area contributed by atoms with E-state index < -0.39 is 31.7 Å². The second-order valence-electron chi connectivity index (χ2n) is 19.5. The van der Waals surface area contributed by atoms with Gasteiger partial charge in [0.1, 0.15) is 36.6 Å². The highest BCUT2D eigenvalue weighted by Gasteiger charge is 2.50. The fraction of sp³-hybridized carbons (Fsp3) is 0.357. The van der Waals surface area contributed by atoms with E-state index in [0.29, 0.717) is 93.5 Å². The Bertz CT molecular complexity index is 3260. The molecule has 4 aromatic carbocycles. The Kier molecular flexibility index (Phi) is 14.9. The minimum Gasteiger partial charge on any atom is -0.472 e. The number of halogens is 2. The topological polar surface area (TPSA) is 205 Å². The smallest absolute Gasteiger partial charge is 0.195 e. The van der Waals surface area contributed by atoms with Gasteiger partial charge < -0.3 is 38.6 Å². The first kappa shape index (κ1) is 52.4. The summed E-state index contributed by atoms with van der Waals surface area (Å²) in [6, 6.07) is 35.2. The number of hydrogen-bond donors (Lipinski definition) is 2. The van der Waals surface area contributed by atoms with Gasteiger partial charge in [-0.15, -0.1) is 0 Å². The zero-order valence-corrected chi connectivity index (χ0v) is 45.2. The largest absolute Gasteiger partial charge is 0.472 e. The van der Waals surface area contributed by atoms with Crippen molar-refractivity contribution in [2.45, 2.75) is 75.5 Å². The van der Waals surface area contributed by atoms with Gasteiger partial charge in [-0.2, -0.15) is 8.73 Å². The van der Waals surface area contributed by atoms with Crippen molar-refractivity contribution in [2.75, 3.05) is 50.4 Å². The van der Waals surface area contributed by atoms with Gasteiger partial charge in [0.05, 0.1) is 94.8 Å². The summed E-state index contributed by atoms with van der Waals surface area (Å²) in [5.74, 6) is 2.13. The summed E-state index contributed by atoms with van der Waals surface area (Å²) in [6.45, 7) is 4.96. The first-order valence-electron chi connectivity index (χ1n) is 25.1. The molecule has 0 saturated carbocycles. The molecule has 4 saturated heterocycles. The summed E-state index contributed by atoms with van der Waals surface area (Å²) in [4.78, 5) is 18.8. The monoisotopic (exact) mass is 1110 g/mol. The Balaban J connectivity index is 0.000000162. The second-order valence-corrected chi connectivity index (χ2v) is 25.7. The predicted octanol–water partition coefficient (Wildman–Crippen LogP) is 9.90. The average molecular weight is 1110 g/mol. The van der Waals surface area contributed by atoms with E-state index in [2.05, 4.69) is 18.7 Å². The summed E-state index contributed by atoms with van der Waals surface area (Å²) in [5.41, 5.74) is 11.7. The molecule has 76 heavy (non-hydrogen) atoms. The van der Waals surface area contributed by atoms with Gasteiger partial charge in [-0.3, -0.25) is 0 Å². The molecule has 2 N–H and O–H groups in total. The highest BCUT2D eigenvalue weighted by molar-refractivity contribution is 7.93. The van der Waals surface area contributed by atoms with Crippen molar-refractivity contribution in [3.8, 4) is 44.8 Å². The van der Waals surface area contributed by atoms with Crippen molar-refractivity contribution in [3.05, 3.63) is 131 Å². The maximum absolute atomic E-state index is 12.3. The molecule has 0 bridgehead atoms. The lowest BCUT2D eigenvalue weighted by atomic mass is 10.0. The summed E-state index contributed by atoms with van der Waals surface area (Å²) in [7, 11) is -4.38. The number of hydrogen-bond acceptors (Lipinski definition) is 16. The molecule has 12 rings (SSSR count). The molecule has 20 heteroatoms. The third-order valence-electron chi connectivity index (χ3n) is 14.1. The van der Waals surface area contributed by atoms with E-state index in [1.807, 2.05) is 123 Å². The molecule has 0 radical (unpaired) electrons. The number of aromatic nitrogens is 2. The molecule has 0 spiro atoms. The number of nitrogens with zero attached hydrogens (tertiary/aromatic N) is 6. The molecule has 4 fully saturated rings.